The largest absolute Gasteiger partial charge is 0.314 e. The molecule has 0 spiro atoms. The van der Waals surface area contributed by atoms with E-state index in [1.165, 1.54) is 17.0 Å². The summed E-state index contributed by atoms with van der Waals surface area (Å²) in [6, 6.07) is 11.3. The van der Waals surface area contributed by atoms with E-state index in [9.17, 15) is 0 Å². The van der Waals surface area contributed by atoms with Crippen LogP contribution in [-0.2, 0) is 26.3 Å². The lowest BCUT2D eigenvalue weighted by Crippen LogP contribution is -2.33. The van der Waals surface area contributed by atoms with Gasteiger partial charge in [-0.25, -0.2) is 0 Å². The summed E-state index contributed by atoms with van der Waals surface area (Å²) in [4.78, 5) is 0. The summed E-state index contributed by atoms with van der Waals surface area (Å²) in [5.74, 6) is 0. The summed E-state index contributed by atoms with van der Waals surface area (Å²) >= 11 is 3.49. The van der Waals surface area contributed by atoms with E-state index in [0.29, 0.717) is 6.04 Å². The van der Waals surface area contributed by atoms with Crippen LogP contribution in [0.15, 0.2) is 34.8 Å². The van der Waals surface area contributed by atoms with Crippen molar-refractivity contribution in [1.82, 2.24) is 15.1 Å². The summed E-state index contributed by atoms with van der Waals surface area (Å²) in [6.07, 6.45) is 3.04. The second-order valence-corrected chi connectivity index (χ2v) is 6.31. The summed E-state index contributed by atoms with van der Waals surface area (Å²) in [7, 11) is 2.04. The Morgan fingerprint density at radius 1 is 1.19 bits per heavy atom. The predicted octanol–water partition coefficient (Wildman–Crippen LogP) is 3.51. The van der Waals surface area contributed by atoms with Crippen molar-refractivity contribution >= 4 is 15.9 Å². The Hall–Kier alpha value is -1.13. The van der Waals surface area contributed by atoms with E-state index in [-0.39, 0.29) is 0 Å². The van der Waals surface area contributed by atoms with Gasteiger partial charge in [0, 0.05) is 29.7 Å². The Bertz CT molecular complexity index is 560. The van der Waals surface area contributed by atoms with Crippen molar-refractivity contribution < 1.29 is 0 Å². The maximum Gasteiger partial charge on any atom is 0.0624 e. The molecule has 2 aromatic rings. The van der Waals surface area contributed by atoms with Crippen molar-refractivity contribution in [3.8, 4) is 0 Å². The molecule has 0 aliphatic rings. The lowest BCUT2D eigenvalue weighted by atomic mass is 10.0. The van der Waals surface area contributed by atoms with Gasteiger partial charge in [-0.05, 0) is 43.1 Å². The number of hydrogen-bond acceptors (Lipinski definition) is 2. The molecule has 0 aliphatic heterocycles. The van der Waals surface area contributed by atoms with Gasteiger partial charge in [-0.3, -0.25) is 4.68 Å². The van der Waals surface area contributed by atoms with Crippen LogP contribution in [0.3, 0.4) is 0 Å². The van der Waals surface area contributed by atoms with Gasteiger partial charge in [-0.1, -0.05) is 41.9 Å². The van der Waals surface area contributed by atoms with Crippen LogP contribution >= 0.6 is 15.9 Å². The molecule has 0 saturated heterocycles. The van der Waals surface area contributed by atoms with Gasteiger partial charge in [0.1, 0.15) is 0 Å². The number of aromatic nitrogens is 2. The summed E-state index contributed by atoms with van der Waals surface area (Å²) in [5.41, 5.74) is 3.84. The first kappa shape index (κ1) is 16.2. The fraction of sp³-hybridized carbons (Fsp3) is 0.471. The Morgan fingerprint density at radius 3 is 2.48 bits per heavy atom. The molecular formula is C17H24BrN3. The van der Waals surface area contributed by atoms with Crippen LogP contribution < -0.4 is 5.32 Å². The first-order valence-electron chi connectivity index (χ1n) is 7.62. The van der Waals surface area contributed by atoms with E-state index in [1.54, 1.807) is 0 Å². The minimum atomic E-state index is 0.441. The molecule has 0 fully saturated rings. The maximum atomic E-state index is 4.54. The van der Waals surface area contributed by atoms with Gasteiger partial charge in [0.2, 0.25) is 0 Å². The summed E-state index contributed by atoms with van der Waals surface area (Å²) in [5, 5.41) is 8.14. The van der Waals surface area contributed by atoms with Crippen LogP contribution in [0.2, 0.25) is 0 Å². The van der Waals surface area contributed by atoms with Gasteiger partial charge >= 0.3 is 0 Å². The fourth-order valence-electron chi connectivity index (χ4n) is 2.60. The van der Waals surface area contributed by atoms with Crippen molar-refractivity contribution in [3.63, 3.8) is 0 Å². The van der Waals surface area contributed by atoms with Crippen LogP contribution in [-0.4, -0.2) is 22.4 Å². The highest BCUT2D eigenvalue weighted by Crippen LogP contribution is 2.14. The Morgan fingerprint density at radius 2 is 1.90 bits per heavy atom. The van der Waals surface area contributed by atoms with Crippen LogP contribution in [0.5, 0.6) is 0 Å². The van der Waals surface area contributed by atoms with E-state index >= 15 is 0 Å². The third-order valence-corrected chi connectivity index (χ3v) is 4.26. The van der Waals surface area contributed by atoms with E-state index in [4.69, 9.17) is 0 Å². The molecule has 0 aliphatic carbocycles. The van der Waals surface area contributed by atoms with Crippen molar-refractivity contribution in [2.75, 3.05) is 6.54 Å². The van der Waals surface area contributed by atoms with E-state index in [0.717, 1.165) is 30.3 Å². The molecule has 1 atom stereocenters. The second-order valence-electron chi connectivity index (χ2n) is 5.39. The Kier molecular flexibility index (Phi) is 6.00. The molecule has 0 bridgehead atoms. The van der Waals surface area contributed by atoms with E-state index < -0.39 is 0 Å². The normalized spacial score (nSPS) is 12.6. The van der Waals surface area contributed by atoms with Crippen molar-refractivity contribution in [2.24, 2.45) is 7.05 Å². The number of likely N-dealkylation sites (N-methyl/N-ethyl adjacent to an activating group) is 1. The third kappa shape index (κ3) is 4.68. The SMILES string of the molecule is CCNC(Cc1ccc(Br)cc1)Cc1cc(CC)nn1C. The third-order valence-electron chi connectivity index (χ3n) is 3.73. The fourth-order valence-corrected chi connectivity index (χ4v) is 2.86. The zero-order chi connectivity index (χ0) is 15.2. The van der Waals surface area contributed by atoms with Crippen LogP contribution in [0.25, 0.3) is 0 Å². The monoisotopic (exact) mass is 349 g/mol. The molecule has 1 N–H and O–H groups in total. The Labute approximate surface area is 135 Å². The zero-order valence-corrected chi connectivity index (χ0v) is 14.7. The quantitative estimate of drug-likeness (QED) is 0.828. The topological polar surface area (TPSA) is 29.9 Å². The second kappa shape index (κ2) is 7.76. The van der Waals surface area contributed by atoms with Gasteiger partial charge in [-0.2, -0.15) is 5.10 Å². The van der Waals surface area contributed by atoms with Gasteiger partial charge < -0.3 is 5.32 Å². The van der Waals surface area contributed by atoms with E-state index in [1.807, 2.05) is 11.7 Å². The molecule has 2 rings (SSSR count). The molecule has 0 saturated carbocycles. The lowest BCUT2D eigenvalue weighted by molar-refractivity contribution is 0.504. The van der Waals surface area contributed by atoms with Gasteiger partial charge in [-0.15, -0.1) is 0 Å². The first-order chi connectivity index (χ1) is 10.1. The Balaban J connectivity index is 2.07. The number of hydrogen-bond donors (Lipinski definition) is 1. The van der Waals surface area contributed by atoms with Crippen LogP contribution in [0.4, 0.5) is 0 Å². The molecule has 114 valence electrons. The standard InChI is InChI=1S/C17H24BrN3/c1-4-15-11-17(21(3)20-15)12-16(19-5-2)10-13-6-8-14(18)9-7-13/h6-9,11,16,19H,4-5,10,12H2,1-3H3. The van der Waals surface area contributed by atoms with Crippen LogP contribution in [0, 0.1) is 0 Å². The van der Waals surface area contributed by atoms with E-state index in [2.05, 4.69) is 70.5 Å². The summed E-state index contributed by atoms with van der Waals surface area (Å²) < 4.78 is 3.15. The van der Waals surface area contributed by atoms with Crippen molar-refractivity contribution in [1.29, 1.82) is 0 Å². The number of nitrogens with zero attached hydrogens (tertiary/aromatic N) is 2. The predicted molar refractivity (Wildman–Crippen MR) is 91.6 cm³/mol. The minimum absolute atomic E-state index is 0.441. The molecular weight excluding hydrogens is 326 g/mol. The lowest BCUT2D eigenvalue weighted by Gasteiger charge is -2.18. The molecule has 1 aromatic heterocycles. The number of nitrogens with one attached hydrogen (secondary N) is 1. The van der Waals surface area contributed by atoms with Gasteiger partial charge in [0.05, 0.1) is 5.69 Å². The zero-order valence-electron chi connectivity index (χ0n) is 13.1. The molecule has 21 heavy (non-hydrogen) atoms. The smallest absolute Gasteiger partial charge is 0.0624 e. The molecule has 1 aromatic carbocycles. The molecule has 3 nitrogen and oxygen atoms in total. The molecule has 1 unspecified atom stereocenters. The average Bonchev–Trinajstić information content (AvgIpc) is 2.82. The first-order valence-corrected chi connectivity index (χ1v) is 8.41. The highest BCUT2D eigenvalue weighted by Gasteiger charge is 2.13. The van der Waals surface area contributed by atoms with Gasteiger partial charge in [0.15, 0.2) is 0 Å². The number of benzene rings is 1. The average molecular weight is 350 g/mol. The maximum absolute atomic E-state index is 4.54. The molecule has 4 heteroatoms. The highest BCUT2D eigenvalue weighted by atomic mass is 79.9. The molecule has 0 amide bonds. The highest BCUT2D eigenvalue weighted by molar-refractivity contribution is 9.10. The molecule has 0 radical (unpaired) electrons. The minimum Gasteiger partial charge on any atom is -0.314 e. The van der Waals surface area contributed by atoms with Crippen LogP contribution in [0.1, 0.15) is 30.8 Å². The number of rotatable bonds is 7. The molecule has 1 heterocycles. The number of halogens is 1. The van der Waals surface area contributed by atoms with Crippen molar-refractivity contribution in [3.05, 3.63) is 51.8 Å². The summed E-state index contributed by atoms with van der Waals surface area (Å²) in [6.45, 7) is 5.30. The van der Waals surface area contributed by atoms with Gasteiger partial charge in [0.25, 0.3) is 0 Å². The van der Waals surface area contributed by atoms with Crippen molar-refractivity contribution in [2.45, 2.75) is 39.2 Å². The number of aryl methyl sites for hydroxylation is 2.